The highest BCUT2D eigenvalue weighted by molar-refractivity contribution is 5.82. The summed E-state index contributed by atoms with van der Waals surface area (Å²) in [6, 6.07) is 0. The van der Waals surface area contributed by atoms with Crippen molar-refractivity contribution in [2.24, 2.45) is 5.73 Å². The molecule has 1 aliphatic heterocycles. The van der Waals surface area contributed by atoms with Gasteiger partial charge in [0, 0.05) is 38.0 Å². The molecule has 0 aromatic carbocycles. The number of hydrogen-bond acceptors (Lipinski definition) is 5. The maximum absolute atomic E-state index is 11.2. The van der Waals surface area contributed by atoms with Crippen LogP contribution in [-0.4, -0.2) is 50.2 Å². The molecule has 0 saturated carbocycles. The molecule has 5 heteroatoms. The summed E-state index contributed by atoms with van der Waals surface area (Å²) in [7, 11) is 0. The van der Waals surface area contributed by atoms with Crippen LogP contribution in [0.5, 0.6) is 0 Å². The molecule has 0 atom stereocenters. The van der Waals surface area contributed by atoms with Gasteiger partial charge in [-0.1, -0.05) is 12.8 Å². The maximum atomic E-state index is 11.2. The summed E-state index contributed by atoms with van der Waals surface area (Å²) in [4.78, 5) is 13.7. The fraction of sp³-hybridized carbons (Fsp3) is 0.786. The highest BCUT2D eigenvalue weighted by atomic mass is 16.5. The van der Waals surface area contributed by atoms with Crippen molar-refractivity contribution in [2.75, 3.05) is 39.3 Å². The molecular formula is C14H27N3O2. The molecule has 3 N–H and O–H groups in total. The van der Waals surface area contributed by atoms with Crippen LogP contribution in [0, 0.1) is 0 Å². The van der Waals surface area contributed by atoms with Crippen molar-refractivity contribution < 1.29 is 9.53 Å². The molecule has 1 heterocycles. The lowest BCUT2D eigenvalue weighted by Gasteiger charge is -2.26. The largest absolute Gasteiger partial charge is 0.462 e. The molecular weight excluding hydrogens is 242 g/mol. The Labute approximate surface area is 116 Å². The lowest BCUT2D eigenvalue weighted by atomic mass is 10.2. The molecule has 0 bridgehead atoms. The maximum Gasteiger partial charge on any atom is 0.332 e. The first-order chi connectivity index (χ1) is 9.18. The van der Waals surface area contributed by atoms with E-state index in [1.807, 2.05) is 0 Å². The van der Waals surface area contributed by atoms with E-state index in [4.69, 9.17) is 10.5 Å². The number of rotatable bonds is 8. The number of unbranched alkanes of at least 4 members (excludes halogenated alkanes) is 3. The Kier molecular flexibility index (Phi) is 8.25. The van der Waals surface area contributed by atoms with E-state index >= 15 is 0 Å². The van der Waals surface area contributed by atoms with Gasteiger partial charge in [-0.3, -0.25) is 0 Å². The molecule has 0 radical (unpaired) electrons. The second-order valence-corrected chi connectivity index (χ2v) is 5.06. The molecule has 1 rings (SSSR count). The summed E-state index contributed by atoms with van der Waals surface area (Å²) in [5.74, 6) is -0.333. The minimum Gasteiger partial charge on any atom is -0.462 e. The minimum absolute atomic E-state index is 0.333. The Balaban J connectivity index is 1.88. The van der Waals surface area contributed by atoms with Crippen molar-refractivity contribution in [3.8, 4) is 0 Å². The standard InChI is InChI=1S/C14H27N3O2/c1-13(15)12-14(18)19-11-5-3-2-4-8-17-9-6-16-7-10-17/h12,16H,2-11,15H2,1H3. The smallest absolute Gasteiger partial charge is 0.332 e. The summed E-state index contributed by atoms with van der Waals surface area (Å²) < 4.78 is 5.04. The summed E-state index contributed by atoms with van der Waals surface area (Å²) in [6.07, 6.45) is 5.81. The predicted molar refractivity (Wildman–Crippen MR) is 76.7 cm³/mol. The molecule has 19 heavy (non-hydrogen) atoms. The van der Waals surface area contributed by atoms with E-state index < -0.39 is 0 Å². The van der Waals surface area contributed by atoms with Crippen LogP contribution in [0.4, 0.5) is 0 Å². The zero-order chi connectivity index (χ0) is 13.9. The fourth-order valence-electron chi connectivity index (χ4n) is 2.13. The predicted octanol–water partition coefficient (Wildman–Crippen LogP) is 0.858. The molecule has 0 unspecified atom stereocenters. The highest BCUT2D eigenvalue weighted by Crippen LogP contribution is 2.03. The van der Waals surface area contributed by atoms with Crippen LogP contribution < -0.4 is 11.1 Å². The fourth-order valence-corrected chi connectivity index (χ4v) is 2.13. The van der Waals surface area contributed by atoms with E-state index in [9.17, 15) is 4.79 Å². The number of nitrogens with two attached hydrogens (primary N) is 1. The monoisotopic (exact) mass is 269 g/mol. The lowest BCUT2D eigenvalue weighted by Crippen LogP contribution is -2.43. The number of nitrogens with one attached hydrogen (secondary N) is 1. The molecule has 0 amide bonds. The van der Waals surface area contributed by atoms with Gasteiger partial charge in [0.1, 0.15) is 0 Å². The van der Waals surface area contributed by atoms with Crippen molar-refractivity contribution in [3.05, 3.63) is 11.8 Å². The summed E-state index contributed by atoms with van der Waals surface area (Å²) in [5, 5.41) is 3.35. The van der Waals surface area contributed by atoms with Crippen LogP contribution in [-0.2, 0) is 9.53 Å². The minimum atomic E-state index is -0.333. The zero-order valence-electron chi connectivity index (χ0n) is 12.0. The third-order valence-corrected chi connectivity index (χ3v) is 3.17. The molecule has 1 fully saturated rings. The molecule has 1 aliphatic rings. The van der Waals surface area contributed by atoms with Crippen LogP contribution in [0.2, 0.25) is 0 Å². The lowest BCUT2D eigenvalue weighted by molar-refractivity contribution is -0.137. The number of piperazine rings is 1. The number of carbonyl (C=O) groups is 1. The Morgan fingerprint density at radius 1 is 1.26 bits per heavy atom. The Morgan fingerprint density at radius 2 is 1.95 bits per heavy atom. The molecule has 0 aromatic heterocycles. The van der Waals surface area contributed by atoms with E-state index in [0.29, 0.717) is 12.3 Å². The molecule has 0 spiro atoms. The quantitative estimate of drug-likeness (QED) is 0.388. The highest BCUT2D eigenvalue weighted by Gasteiger charge is 2.07. The second-order valence-electron chi connectivity index (χ2n) is 5.06. The second kappa shape index (κ2) is 9.81. The Bertz CT molecular complexity index is 282. The summed E-state index contributed by atoms with van der Waals surface area (Å²) in [6.45, 7) is 7.93. The third-order valence-electron chi connectivity index (χ3n) is 3.17. The van der Waals surface area contributed by atoms with Crippen LogP contribution >= 0.6 is 0 Å². The topological polar surface area (TPSA) is 67.6 Å². The van der Waals surface area contributed by atoms with Crippen molar-refractivity contribution in [3.63, 3.8) is 0 Å². The number of hydrogen-bond donors (Lipinski definition) is 2. The van der Waals surface area contributed by atoms with E-state index in [1.165, 1.54) is 38.6 Å². The summed E-state index contributed by atoms with van der Waals surface area (Å²) >= 11 is 0. The first-order valence-electron chi connectivity index (χ1n) is 7.22. The van der Waals surface area contributed by atoms with E-state index in [2.05, 4.69) is 10.2 Å². The SMILES string of the molecule is CC(N)=CC(=O)OCCCCCCN1CCNCC1. The number of ether oxygens (including phenoxy) is 1. The van der Waals surface area contributed by atoms with Crippen LogP contribution in [0.25, 0.3) is 0 Å². The van der Waals surface area contributed by atoms with Crippen molar-refractivity contribution in [1.29, 1.82) is 0 Å². The van der Waals surface area contributed by atoms with Gasteiger partial charge in [0.2, 0.25) is 0 Å². The molecule has 110 valence electrons. The number of carbonyl (C=O) groups excluding carboxylic acids is 1. The van der Waals surface area contributed by atoms with Gasteiger partial charge in [0.05, 0.1) is 6.61 Å². The van der Waals surface area contributed by atoms with Gasteiger partial charge in [-0.25, -0.2) is 4.79 Å². The van der Waals surface area contributed by atoms with Gasteiger partial charge in [-0.15, -0.1) is 0 Å². The van der Waals surface area contributed by atoms with Crippen LogP contribution in [0.3, 0.4) is 0 Å². The number of nitrogens with zero attached hydrogens (tertiary/aromatic N) is 1. The molecule has 0 aliphatic carbocycles. The zero-order valence-corrected chi connectivity index (χ0v) is 12.0. The molecule has 5 nitrogen and oxygen atoms in total. The van der Waals surface area contributed by atoms with Gasteiger partial charge >= 0.3 is 5.97 Å². The van der Waals surface area contributed by atoms with Crippen LogP contribution in [0.1, 0.15) is 32.6 Å². The number of allylic oxidation sites excluding steroid dienone is 1. The molecule has 1 saturated heterocycles. The first-order valence-corrected chi connectivity index (χ1v) is 7.22. The van der Waals surface area contributed by atoms with Gasteiger partial charge in [-0.05, 0) is 26.3 Å². The van der Waals surface area contributed by atoms with Gasteiger partial charge in [0.25, 0.3) is 0 Å². The van der Waals surface area contributed by atoms with Gasteiger partial charge < -0.3 is 20.7 Å². The normalized spacial score (nSPS) is 17.4. The van der Waals surface area contributed by atoms with Crippen molar-refractivity contribution in [1.82, 2.24) is 10.2 Å². The van der Waals surface area contributed by atoms with Gasteiger partial charge in [0.15, 0.2) is 0 Å². The van der Waals surface area contributed by atoms with E-state index in [0.717, 1.165) is 25.9 Å². The van der Waals surface area contributed by atoms with E-state index in [-0.39, 0.29) is 5.97 Å². The Hall–Kier alpha value is -1.07. The molecule has 0 aromatic rings. The van der Waals surface area contributed by atoms with Crippen molar-refractivity contribution in [2.45, 2.75) is 32.6 Å². The third kappa shape index (κ3) is 8.61. The van der Waals surface area contributed by atoms with Crippen molar-refractivity contribution >= 4 is 5.97 Å². The number of esters is 1. The summed E-state index contributed by atoms with van der Waals surface area (Å²) in [5.41, 5.74) is 5.87. The first kappa shape index (κ1) is 16.0. The Morgan fingerprint density at radius 3 is 2.63 bits per heavy atom. The van der Waals surface area contributed by atoms with Crippen LogP contribution in [0.15, 0.2) is 11.8 Å². The van der Waals surface area contributed by atoms with Gasteiger partial charge in [-0.2, -0.15) is 0 Å². The van der Waals surface area contributed by atoms with E-state index in [1.54, 1.807) is 6.92 Å². The average molecular weight is 269 g/mol. The average Bonchev–Trinajstić information content (AvgIpc) is 2.38.